The van der Waals surface area contributed by atoms with Gasteiger partial charge in [-0.05, 0) is 53.9 Å². The maximum Gasteiger partial charge on any atom is 0.256 e. The molecule has 1 atom stereocenters. The molecule has 25 heavy (non-hydrogen) atoms. The van der Waals surface area contributed by atoms with Gasteiger partial charge in [-0.15, -0.1) is 11.3 Å². The summed E-state index contributed by atoms with van der Waals surface area (Å²) >= 11 is 1.57. The van der Waals surface area contributed by atoms with Crippen LogP contribution in [0.25, 0.3) is 0 Å². The second-order valence-electron chi connectivity index (χ2n) is 7.95. The van der Waals surface area contributed by atoms with Gasteiger partial charge in [-0.1, -0.05) is 39.8 Å². The molecule has 0 fully saturated rings. The van der Waals surface area contributed by atoms with Gasteiger partial charge in [-0.25, -0.2) is 0 Å². The predicted octanol–water partition coefficient (Wildman–Crippen LogP) is 5.29. The fraction of sp³-hybridized carbons (Fsp3) is 0.429. The summed E-state index contributed by atoms with van der Waals surface area (Å²) in [6.07, 6.45) is 3.05. The Kier molecular flexibility index (Phi) is 4.71. The van der Waals surface area contributed by atoms with E-state index in [9.17, 15) is 10.1 Å². The molecule has 2 aromatic rings. The zero-order chi connectivity index (χ0) is 18.2. The minimum atomic E-state index is -0.149. The molecule has 1 unspecified atom stereocenters. The van der Waals surface area contributed by atoms with Crippen LogP contribution in [0.5, 0.6) is 0 Å². The van der Waals surface area contributed by atoms with Gasteiger partial charge in [0.15, 0.2) is 0 Å². The standard InChI is InChI=1S/C21H24N2OS/c1-13-5-10-16-17(12-22)20(25-18(16)11-13)23-19(24)14-6-8-15(9-7-14)21(2,3)4/h6-9,13H,5,10-11H2,1-4H3,(H,23,24). The lowest BCUT2D eigenvalue weighted by atomic mass is 9.86. The third-order valence-electron chi connectivity index (χ3n) is 4.86. The molecule has 0 saturated carbocycles. The predicted molar refractivity (Wildman–Crippen MR) is 103 cm³/mol. The lowest BCUT2D eigenvalue weighted by Gasteiger charge is -2.19. The number of nitrogens with zero attached hydrogens (tertiary/aromatic N) is 1. The zero-order valence-electron chi connectivity index (χ0n) is 15.3. The summed E-state index contributed by atoms with van der Waals surface area (Å²) in [4.78, 5) is 13.9. The SMILES string of the molecule is CC1CCc2c(sc(NC(=O)c3ccc(C(C)(C)C)cc3)c2C#N)C1. The average molecular weight is 353 g/mol. The topological polar surface area (TPSA) is 52.9 Å². The van der Waals surface area contributed by atoms with Crippen LogP contribution >= 0.6 is 11.3 Å². The minimum Gasteiger partial charge on any atom is -0.312 e. The number of fused-ring (bicyclic) bond motifs is 1. The van der Waals surface area contributed by atoms with E-state index in [4.69, 9.17) is 0 Å². The summed E-state index contributed by atoms with van der Waals surface area (Å²) in [5.41, 5.74) is 3.68. The second kappa shape index (κ2) is 6.65. The van der Waals surface area contributed by atoms with Crippen LogP contribution in [0.3, 0.4) is 0 Å². The number of hydrogen-bond donors (Lipinski definition) is 1. The molecular weight excluding hydrogens is 328 g/mol. The smallest absolute Gasteiger partial charge is 0.256 e. The number of thiophene rings is 1. The normalized spacial score (nSPS) is 16.8. The molecule has 1 aliphatic rings. The van der Waals surface area contributed by atoms with E-state index in [1.807, 2.05) is 24.3 Å². The van der Waals surface area contributed by atoms with Crippen molar-refractivity contribution in [1.82, 2.24) is 0 Å². The number of amides is 1. The van der Waals surface area contributed by atoms with E-state index >= 15 is 0 Å². The Morgan fingerprint density at radius 3 is 2.56 bits per heavy atom. The third kappa shape index (κ3) is 3.62. The Bertz CT molecular complexity index is 835. The summed E-state index contributed by atoms with van der Waals surface area (Å²) in [5.74, 6) is 0.495. The van der Waals surface area contributed by atoms with E-state index in [1.54, 1.807) is 11.3 Å². The molecular formula is C21H24N2OS. The van der Waals surface area contributed by atoms with Crippen LogP contribution in [0.4, 0.5) is 5.00 Å². The monoisotopic (exact) mass is 352 g/mol. The van der Waals surface area contributed by atoms with Crippen LogP contribution in [0.2, 0.25) is 0 Å². The van der Waals surface area contributed by atoms with Gasteiger partial charge in [0.1, 0.15) is 11.1 Å². The molecule has 0 aliphatic heterocycles. The van der Waals surface area contributed by atoms with Crippen molar-refractivity contribution in [2.24, 2.45) is 5.92 Å². The van der Waals surface area contributed by atoms with Crippen molar-refractivity contribution in [3.05, 3.63) is 51.4 Å². The van der Waals surface area contributed by atoms with Crippen molar-refractivity contribution in [2.45, 2.75) is 52.4 Å². The first-order valence-electron chi connectivity index (χ1n) is 8.76. The Labute approximate surface area is 153 Å². The molecule has 1 aromatic heterocycles. The maximum absolute atomic E-state index is 12.6. The number of nitrogens with one attached hydrogen (secondary N) is 1. The van der Waals surface area contributed by atoms with Crippen LogP contribution in [-0.2, 0) is 18.3 Å². The first-order chi connectivity index (χ1) is 11.8. The lowest BCUT2D eigenvalue weighted by molar-refractivity contribution is 0.102. The van der Waals surface area contributed by atoms with E-state index in [2.05, 4.69) is 39.1 Å². The van der Waals surface area contributed by atoms with E-state index < -0.39 is 0 Å². The fourth-order valence-corrected chi connectivity index (χ4v) is 4.61. The highest BCUT2D eigenvalue weighted by Gasteiger charge is 2.25. The average Bonchev–Trinajstić information content (AvgIpc) is 2.90. The van der Waals surface area contributed by atoms with Gasteiger partial charge in [0, 0.05) is 10.4 Å². The number of benzene rings is 1. The molecule has 0 saturated heterocycles. The third-order valence-corrected chi connectivity index (χ3v) is 6.03. The highest BCUT2D eigenvalue weighted by molar-refractivity contribution is 7.16. The quantitative estimate of drug-likeness (QED) is 0.798. The number of carbonyl (C=O) groups excluding carboxylic acids is 1. The zero-order valence-corrected chi connectivity index (χ0v) is 16.1. The van der Waals surface area contributed by atoms with Crippen molar-refractivity contribution in [2.75, 3.05) is 5.32 Å². The molecule has 3 nitrogen and oxygen atoms in total. The van der Waals surface area contributed by atoms with Gasteiger partial charge < -0.3 is 5.32 Å². The number of rotatable bonds is 2. The first-order valence-corrected chi connectivity index (χ1v) is 9.57. The van der Waals surface area contributed by atoms with Crippen LogP contribution < -0.4 is 5.32 Å². The summed E-state index contributed by atoms with van der Waals surface area (Å²) in [6, 6.07) is 10.0. The van der Waals surface area contributed by atoms with Crippen LogP contribution in [0.1, 0.15) is 66.0 Å². The summed E-state index contributed by atoms with van der Waals surface area (Å²) in [5, 5.41) is 13.2. The summed E-state index contributed by atoms with van der Waals surface area (Å²) in [6.45, 7) is 8.69. The maximum atomic E-state index is 12.6. The Morgan fingerprint density at radius 2 is 1.96 bits per heavy atom. The van der Waals surface area contributed by atoms with Gasteiger partial charge in [0.25, 0.3) is 5.91 Å². The molecule has 4 heteroatoms. The van der Waals surface area contributed by atoms with Crippen molar-refractivity contribution < 1.29 is 4.79 Å². The number of anilines is 1. The molecule has 1 N–H and O–H groups in total. The van der Waals surface area contributed by atoms with Crippen molar-refractivity contribution >= 4 is 22.2 Å². The van der Waals surface area contributed by atoms with Gasteiger partial charge >= 0.3 is 0 Å². The molecule has 1 aromatic carbocycles. The van der Waals surface area contributed by atoms with Gasteiger partial charge in [-0.2, -0.15) is 5.26 Å². The lowest BCUT2D eigenvalue weighted by Crippen LogP contribution is -2.14. The molecule has 130 valence electrons. The summed E-state index contributed by atoms with van der Waals surface area (Å²) in [7, 11) is 0. The van der Waals surface area contributed by atoms with Gasteiger partial charge in [0.2, 0.25) is 0 Å². The minimum absolute atomic E-state index is 0.0620. The van der Waals surface area contributed by atoms with Crippen molar-refractivity contribution in [3.8, 4) is 6.07 Å². The van der Waals surface area contributed by atoms with E-state index in [-0.39, 0.29) is 11.3 Å². The summed E-state index contributed by atoms with van der Waals surface area (Å²) < 4.78 is 0. The molecule has 3 rings (SSSR count). The fourth-order valence-electron chi connectivity index (χ4n) is 3.25. The second-order valence-corrected chi connectivity index (χ2v) is 9.05. The molecule has 1 amide bonds. The number of nitriles is 1. The molecule has 0 radical (unpaired) electrons. The van der Waals surface area contributed by atoms with Crippen LogP contribution in [0, 0.1) is 17.2 Å². The van der Waals surface area contributed by atoms with Crippen LogP contribution in [-0.4, -0.2) is 5.91 Å². The largest absolute Gasteiger partial charge is 0.312 e. The van der Waals surface area contributed by atoms with Gasteiger partial charge in [0.05, 0.1) is 5.56 Å². The number of carbonyl (C=O) groups is 1. The molecule has 0 spiro atoms. The Morgan fingerprint density at radius 1 is 1.28 bits per heavy atom. The van der Waals surface area contributed by atoms with E-state index in [1.165, 1.54) is 10.4 Å². The van der Waals surface area contributed by atoms with E-state index in [0.717, 1.165) is 24.8 Å². The van der Waals surface area contributed by atoms with E-state index in [0.29, 0.717) is 22.0 Å². The Balaban J connectivity index is 1.83. The van der Waals surface area contributed by atoms with Crippen molar-refractivity contribution in [1.29, 1.82) is 5.26 Å². The first kappa shape index (κ1) is 17.7. The Hall–Kier alpha value is -2.12. The van der Waals surface area contributed by atoms with Gasteiger partial charge in [-0.3, -0.25) is 4.79 Å². The van der Waals surface area contributed by atoms with Crippen molar-refractivity contribution in [3.63, 3.8) is 0 Å². The molecule has 0 bridgehead atoms. The highest BCUT2D eigenvalue weighted by Crippen LogP contribution is 2.39. The van der Waals surface area contributed by atoms with Crippen LogP contribution in [0.15, 0.2) is 24.3 Å². The molecule has 1 aliphatic carbocycles. The number of hydrogen-bond acceptors (Lipinski definition) is 3. The molecule has 1 heterocycles. The highest BCUT2D eigenvalue weighted by atomic mass is 32.1.